The van der Waals surface area contributed by atoms with Crippen LogP contribution in [0.5, 0.6) is 11.5 Å². The van der Waals surface area contributed by atoms with Crippen LogP contribution >= 0.6 is 11.6 Å². The van der Waals surface area contributed by atoms with E-state index >= 15 is 0 Å². The van der Waals surface area contributed by atoms with Gasteiger partial charge in [0.05, 0.1) is 6.61 Å². The van der Waals surface area contributed by atoms with Crippen molar-refractivity contribution in [2.45, 2.75) is 44.1 Å². The zero-order chi connectivity index (χ0) is 23.4. The highest BCUT2D eigenvalue weighted by molar-refractivity contribution is 6.31. The van der Waals surface area contributed by atoms with E-state index in [9.17, 15) is 15.3 Å². The molecule has 0 spiro atoms. The molecule has 7 heteroatoms. The summed E-state index contributed by atoms with van der Waals surface area (Å²) in [6, 6.07) is 22.0. The maximum absolute atomic E-state index is 10.6. The summed E-state index contributed by atoms with van der Waals surface area (Å²) < 4.78 is 17.1. The predicted molar refractivity (Wildman–Crippen MR) is 125 cm³/mol. The van der Waals surface area contributed by atoms with Crippen LogP contribution in [0.3, 0.4) is 0 Å². The number of halogens is 1. The third-order valence-electron chi connectivity index (χ3n) is 5.59. The minimum atomic E-state index is -1.44. The van der Waals surface area contributed by atoms with Gasteiger partial charge >= 0.3 is 0 Å². The van der Waals surface area contributed by atoms with E-state index in [-0.39, 0.29) is 0 Å². The van der Waals surface area contributed by atoms with Gasteiger partial charge in [0, 0.05) is 5.02 Å². The van der Waals surface area contributed by atoms with Gasteiger partial charge in [-0.15, -0.1) is 0 Å². The Labute approximate surface area is 197 Å². The van der Waals surface area contributed by atoms with E-state index in [0.29, 0.717) is 29.4 Å². The fourth-order valence-electron chi connectivity index (χ4n) is 3.85. The molecule has 0 bridgehead atoms. The molecule has 3 N–H and O–H groups in total. The van der Waals surface area contributed by atoms with Gasteiger partial charge in [-0.05, 0) is 60.4 Å². The minimum absolute atomic E-state index is 0.483. The van der Waals surface area contributed by atoms with Crippen molar-refractivity contribution in [1.29, 1.82) is 0 Å². The van der Waals surface area contributed by atoms with Gasteiger partial charge in [0.25, 0.3) is 0 Å². The van der Waals surface area contributed by atoms with Crippen LogP contribution in [0.15, 0.2) is 72.8 Å². The Morgan fingerprint density at radius 1 is 0.848 bits per heavy atom. The molecule has 0 aromatic heterocycles. The van der Waals surface area contributed by atoms with E-state index in [2.05, 4.69) is 0 Å². The molecule has 0 saturated carbocycles. The van der Waals surface area contributed by atoms with E-state index in [1.165, 1.54) is 0 Å². The molecule has 1 aliphatic heterocycles. The Morgan fingerprint density at radius 2 is 1.58 bits per heavy atom. The van der Waals surface area contributed by atoms with Gasteiger partial charge in [-0.3, -0.25) is 0 Å². The third kappa shape index (κ3) is 5.49. The molecule has 1 fully saturated rings. The second-order valence-corrected chi connectivity index (χ2v) is 8.34. The van der Waals surface area contributed by atoms with E-state index in [0.717, 1.165) is 16.9 Å². The van der Waals surface area contributed by atoms with Crippen molar-refractivity contribution in [3.63, 3.8) is 0 Å². The van der Waals surface area contributed by atoms with Crippen LogP contribution in [0.25, 0.3) is 0 Å². The maximum Gasteiger partial charge on any atom is 0.229 e. The van der Waals surface area contributed by atoms with Crippen LogP contribution in [0.4, 0.5) is 0 Å². The fraction of sp³-hybridized carbons (Fsp3) is 0.308. The first-order valence-electron chi connectivity index (χ1n) is 10.9. The smallest absolute Gasteiger partial charge is 0.229 e. The number of ether oxygens (including phenoxy) is 3. The Kier molecular flexibility index (Phi) is 7.53. The Bertz CT molecular complexity index is 1040. The number of benzene rings is 3. The standard InChI is InChI=1S/C26H27ClO6/c1-2-31-19-11-8-16(9-12-19)14-18-15-17(10-13-21(18)27)25-23(29)22(28)24(30)26(33-25)32-20-6-4-3-5-7-20/h3-13,15,22-26,28-30H,2,14H2,1H3/t22-,23-,24+,25+,26+/m1/s1. The summed E-state index contributed by atoms with van der Waals surface area (Å²) in [7, 11) is 0. The molecular formula is C26H27ClO6. The van der Waals surface area contributed by atoms with Crippen molar-refractivity contribution in [1.82, 2.24) is 0 Å². The zero-order valence-corrected chi connectivity index (χ0v) is 18.9. The second-order valence-electron chi connectivity index (χ2n) is 7.93. The summed E-state index contributed by atoms with van der Waals surface area (Å²) in [5.74, 6) is 1.29. The molecule has 0 amide bonds. The molecule has 3 aromatic rings. The van der Waals surface area contributed by atoms with Crippen LogP contribution in [-0.4, -0.2) is 46.5 Å². The predicted octanol–water partition coefficient (Wildman–Crippen LogP) is 3.89. The van der Waals surface area contributed by atoms with Crippen molar-refractivity contribution in [2.24, 2.45) is 0 Å². The van der Waals surface area contributed by atoms with Crippen LogP contribution in [-0.2, 0) is 11.2 Å². The minimum Gasteiger partial charge on any atom is -0.494 e. The molecule has 0 radical (unpaired) electrons. The first kappa shape index (κ1) is 23.5. The molecule has 33 heavy (non-hydrogen) atoms. The monoisotopic (exact) mass is 470 g/mol. The number of para-hydroxylation sites is 1. The Balaban J connectivity index is 1.55. The molecule has 0 aliphatic carbocycles. The summed E-state index contributed by atoms with van der Waals surface area (Å²) in [5.41, 5.74) is 2.51. The maximum atomic E-state index is 10.6. The summed E-state index contributed by atoms with van der Waals surface area (Å²) in [4.78, 5) is 0. The van der Waals surface area contributed by atoms with Crippen LogP contribution in [0.1, 0.15) is 29.7 Å². The molecule has 3 aromatic carbocycles. The molecular weight excluding hydrogens is 444 g/mol. The number of rotatable bonds is 7. The SMILES string of the molecule is CCOc1ccc(Cc2cc([C@@H]3O[C@H](Oc4ccccc4)[C@@H](O)[C@H](O)[C@H]3O)ccc2Cl)cc1. The Hall–Kier alpha value is -2.61. The largest absolute Gasteiger partial charge is 0.494 e. The fourth-order valence-corrected chi connectivity index (χ4v) is 4.04. The van der Waals surface area contributed by atoms with Crippen molar-refractivity contribution in [3.05, 3.63) is 94.5 Å². The average Bonchev–Trinajstić information content (AvgIpc) is 2.83. The van der Waals surface area contributed by atoms with Gasteiger partial charge in [-0.25, -0.2) is 0 Å². The normalized spacial score (nSPS) is 24.9. The highest BCUT2D eigenvalue weighted by Crippen LogP contribution is 2.35. The summed E-state index contributed by atoms with van der Waals surface area (Å²) in [6.07, 6.45) is -5.68. The zero-order valence-electron chi connectivity index (χ0n) is 18.2. The number of aliphatic hydroxyl groups is 3. The van der Waals surface area contributed by atoms with Crippen LogP contribution in [0.2, 0.25) is 5.02 Å². The molecule has 1 heterocycles. The number of hydrogen-bond donors (Lipinski definition) is 3. The highest BCUT2D eigenvalue weighted by Gasteiger charge is 2.45. The molecule has 174 valence electrons. The summed E-state index contributed by atoms with van der Waals surface area (Å²) >= 11 is 6.45. The highest BCUT2D eigenvalue weighted by atomic mass is 35.5. The molecule has 5 atom stereocenters. The summed E-state index contributed by atoms with van der Waals surface area (Å²) in [6.45, 7) is 2.54. The van der Waals surface area contributed by atoms with Gasteiger partial charge in [0.15, 0.2) is 0 Å². The molecule has 4 rings (SSSR count). The molecule has 1 saturated heterocycles. The molecule has 0 unspecified atom stereocenters. The van der Waals surface area contributed by atoms with E-state index < -0.39 is 30.7 Å². The molecule has 6 nitrogen and oxygen atoms in total. The third-order valence-corrected chi connectivity index (χ3v) is 5.96. The number of aliphatic hydroxyl groups excluding tert-OH is 3. The van der Waals surface area contributed by atoms with Crippen molar-refractivity contribution < 1.29 is 29.5 Å². The second kappa shape index (κ2) is 10.5. The van der Waals surface area contributed by atoms with Gasteiger partial charge in [-0.1, -0.05) is 54.1 Å². The van der Waals surface area contributed by atoms with Crippen LogP contribution in [0, 0.1) is 0 Å². The summed E-state index contributed by atoms with van der Waals surface area (Å²) in [5, 5.41) is 32.1. The lowest BCUT2D eigenvalue weighted by molar-refractivity contribution is -0.275. The lowest BCUT2D eigenvalue weighted by Gasteiger charge is -2.40. The lowest BCUT2D eigenvalue weighted by Crippen LogP contribution is -2.56. The van der Waals surface area contributed by atoms with Crippen molar-refractivity contribution in [2.75, 3.05) is 6.61 Å². The van der Waals surface area contributed by atoms with Gasteiger partial charge in [-0.2, -0.15) is 0 Å². The topological polar surface area (TPSA) is 88.4 Å². The first-order chi connectivity index (χ1) is 16.0. The van der Waals surface area contributed by atoms with E-state index in [4.69, 9.17) is 25.8 Å². The average molecular weight is 471 g/mol. The van der Waals surface area contributed by atoms with E-state index in [1.54, 1.807) is 36.4 Å². The van der Waals surface area contributed by atoms with Crippen molar-refractivity contribution >= 4 is 11.6 Å². The van der Waals surface area contributed by atoms with Gasteiger partial charge in [0.2, 0.25) is 6.29 Å². The van der Waals surface area contributed by atoms with E-state index in [1.807, 2.05) is 43.3 Å². The van der Waals surface area contributed by atoms with Gasteiger partial charge < -0.3 is 29.5 Å². The van der Waals surface area contributed by atoms with Crippen molar-refractivity contribution in [3.8, 4) is 11.5 Å². The first-order valence-corrected chi connectivity index (χ1v) is 11.3. The lowest BCUT2D eigenvalue weighted by atomic mass is 9.92. The Morgan fingerprint density at radius 3 is 2.27 bits per heavy atom. The molecule has 1 aliphatic rings. The van der Waals surface area contributed by atoms with Gasteiger partial charge in [0.1, 0.15) is 35.9 Å². The quantitative estimate of drug-likeness (QED) is 0.485. The number of hydrogen-bond acceptors (Lipinski definition) is 6. The van der Waals surface area contributed by atoms with Crippen LogP contribution < -0.4 is 9.47 Å².